The maximum atomic E-state index is 5.59. The molecule has 0 aliphatic heterocycles. The van der Waals surface area contributed by atoms with Gasteiger partial charge in [-0.1, -0.05) is 0 Å². The van der Waals surface area contributed by atoms with Crippen LogP contribution in [0.1, 0.15) is 16.6 Å². The van der Waals surface area contributed by atoms with Crippen LogP contribution in [0.4, 0.5) is 0 Å². The summed E-state index contributed by atoms with van der Waals surface area (Å²) in [6.07, 6.45) is 0.603. The van der Waals surface area contributed by atoms with Crippen LogP contribution in [0.15, 0.2) is 4.42 Å². The predicted octanol–water partition coefficient (Wildman–Crippen LogP) is 2.59. The first kappa shape index (κ1) is 10.6. The molecule has 0 unspecified atom stereocenters. The summed E-state index contributed by atoms with van der Waals surface area (Å²) in [4.78, 5) is 5.25. The molecule has 6 heteroatoms. The molecule has 0 aliphatic carbocycles. The van der Waals surface area contributed by atoms with Gasteiger partial charge >= 0.3 is 0 Å². The lowest BCUT2D eigenvalue weighted by atomic mass is 10.4. The van der Waals surface area contributed by atoms with Crippen LogP contribution in [0.3, 0.4) is 0 Å². The third kappa shape index (κ3) is 2.18. The number of aryl methyl sites for hydroxylation is 3. The van der Waals surface area contributed by atoms with Crippen LogP contribution >= 0.6 is 22.9 Å². The fourth-order valence-electron chi connectivity index (χ4n) is 1.26. The highest BCUT2D eigenvalue weighted by Gasteiger charge is 2.14. The smallest absolute Gasteiger partial charge is 0.259 e. The number of aromatic nitrogens is 3. The second-order valence-electron chi connectivity index (χ2n) is 3.09. The van der Waals surface area contributed by atoms with Gasteiger partial charge in [0.05, 0.1) is 10.7 Å². The van der Waals surface area contributed by atoms with Crippen molar-refractivity contribution in [1.29, 1.82) is 0 Å². The fraction of sp³-hybridized carbons (Fsp3) is 0.444. The van der Waals surface area contributed by atoms with Gasteiger partial charge in [-0.15, -0.1) is 33.1 Å². The molecule has 0 saturated heterocycles. The summed E-state index contributed by atoms with van der Waals surface area (Å²) in [6.45, 7) is 3.89. The molecule has 0 atom stereocenters. The minimum Gasteiger partial charge on any atom is -0.420 e. The lowest BCUT2D eigenvalue weighted by molar-refractivity contribution is 0.514. The van der Waals surface area contributed by atoms with Gasteiger partial charge in [-0.3, -0.25) is 0 Å². The zero-order chi connectivity index (χ0) is 10.8. The molecule has 0 spiro atoms. The summed E-state index contributed by atoms with van der Waals surface area (Å²) in [5.41, 5.74) is 0.929. The second-order valence-corrected chi connectivity index (χ2v) is 4.67. The van der Waals surface area contributed by atoms with Crippen molar-refractivity contribution < 1.29 is 4.42 Å². The average Bonchev–Trinajstić information content (AvgIpc) is 2.73. The molecule has 0 bridgehead atoms. The van der Waals surface area contributed by atoms with Crippen LogP contribution in [-0.4, -0.2) is 21.1 Å². The third-order valence-corrected chi connectivity index (χ3v) is 3.12. The van der Waals surface area contributed by atoms with E-state index in [4.69, 9.17) is 16.0 Å². The van der Waals surface area contributed by atoms with Gasteiger partial charge in [-0.2, -0.15) is 0 Å². The first-order valence-corrected chi connectivity index (χ1v) is 5.88. The Morgan fingerprint density at radius 1 is 1.33 bits per heavy atom. The van der Waals surface area contributed by atoms with Crippen molar-refractivity contribution in [3.05, 3.63) is 16.6 Å². The maximum Gasteiger partial charge on any atom is 0.259 e. The van der Waals surface area contributed by atoms with Crippen LogP contribution in [-0.2, 0) is 6.42 Å². The molecule has 80 valence electrons. The molecule has 0 saturated carbocycles. The zero-order valence-electron chi connectivity index (χ0n) is 8.45. The largest absolute Gasteiger partial charge is 0.420 e. The molecule has 2 aromatic rings. The second kappa shape index (κ2) is 4.28. The molecular formula is C9H10ClN3OS. The standard InChI is InChI=1S/C9H10ClN3OS/c1-5-8(15-6(2)11-5)9-13-12-7(14-9)3-4-10/h3-4H2,1-2H3. The molecule has 0 aromatic carbocycles. The third-order valence-electron chi connectivity index (χ3n) is 1.87. The highest BCUT2D eigenvalue weighted by Crippen LogP contribution is 2.28. The van der Waals surface area contributed by atoms with Crippen molar-refractivity contribution in [1.82, 2.24) is 15.2 Å². The summed E-state index contributed by atoms with van der Waals surface area (Å²) >= 11 is 7.15. The molecule has 0 fully saturated rings. The van der Waals surface area contributed by atoms with Gasteiger partial charge in [-0.25, -0.2) is 4.98 Å². The van der Waals surface area contributed by atoms with Crippen LogP contribution in [0.2, 0.25) is 0 Å². The monoisotopic (exact) mass is 243 g/mol. The molecule has 2 rings (SSSR count). The van der Waals surface area contributed by atoms with Crippen molar-refractivity contribution in [3.8, 4) is 10.8 Å². The van der Waals surface area contributed by atoms with Crippen molar-refractivity contribution >= 4 is 22.9 Å². The summed E-state index contributed by atoms with van der Waals surface area (Å²) in [7, 11) is 0. The number of thiazole rings is 1. The number of rotatable bonds is 3. The van der Waals surface area contributed by atoms with Crippen LogP contribution < -0.4 is 0 Å². The quantitative estimate of drug-likeness (QED) is 0.778. The summed E-state index contributed by atoms with van der Waals surface area (Å²) in [5, 5.41) is 8.88. The van der Waals surface area contributed by atoms with E-state index < -0.39 is 0 Å². The predicted molar refractivity (Wildman–Crippen MR) is 59.3 cm³/mol. The number of hydrogen-bond acceptors (Lipinski definition) is 5. The summed E-state index contributed by atoms with van der Waals surface area (Å²) in [6, 6.07) is 0. The molecular weight excluding hydrogens is 234 g/mol. The molecule has 4 nitrogen and oxygen atoms in total. The van der Waals surface area contributed by atoms with Crippen molar-refractivity contribution in [2.24, 2.45) is 0 Å². The number of nitrogens with zero attached hydrogens (tertiary/aromatic N) is 3. The van der Waals surface area contributed by atoms with E-state index in [1.807, 2.05) is 13.8 Å². The average molecular weight is 244 g/mol. The van der Waals surface area contributed by atoms with Gasteiger partial charge in [0, 0.05) is 12.3 Å². The maximum absolute atomic E-state index is 5.59. The first-order valence-electron chi connectivity index (χ1n) is 4.53. The Hall–Kier alpha value is -0.940. The fourth-order valence-corrected chi connectivity index (χ4v) is 2.26. The Labute approximate surface area is 96.3 Å². The minimum atomic E-state index is 0.488. The van der Waals surface area contributed by atoms with Gasteiger partial charge in [-0.05, 0) is 13.8 Å². The Balaban J connectivity index is 2.32. The number of alkyl halides is 1. The molecule has 2 aromatic heterocycles. The lowest BCUT2D eigenvalue weighted by Crippen LogP contribution is -1.84. The highest BCUT2D eigenvalue weighted by atomic mass is 35.5. The Morgan fingerprint density at radius 3 is 2.73 bits per heavy atom. The molecule has 2 heterocycles. The number of hydrogen-bond donors (Lipinski definition) is 0. The summed E-state index contributed by atoms with van der Waals surface area (Å²) in [5.74, 6) is 1.60. The Kier molecular flexibility index (Phi) is 3.02. The Morgan fingerprint density at radius 2 is 2.13 bits per heavy atom. The van der Waals surface area contributed by atoms with E-state index in [9.17, 15) is 0 Å². The van der Waals surface area contributed by atoms with Crippen LogP contribution in [0.5, 0.6) is 0 Å². The Bertz CT molecular complexity index is 466. The van der Waals surface area contributed by atoms with E-state index in [-0.39, 0.29) is 0 Å². The molecule has 0 N–H and O–H groups in total. The highest BCUT2D eigenvalue weighted by molar-refractivity contribution is 7.15. The SMILES string of the molecule is Cc1nc(C)c(-c2nnc(CCCl)o2)s1. The minimum absolute atomic E-state index is 0.488. The van der Waals surface area contributed by atoms with E-state index in [0.29, 0.717) is 24.1 Å². The number of halogens is 1. The van der Waals surface area contributed by atoms with Gasteiger partial charge in [0.15, 0.2) is 0 Å². The van der Waals surface area contributed by atoms with E-state index in [1.54, 1.807) is 11.3 Å². The van der Waals surface area contributed by atoms with E-state index >= 15 is 0 Å². The van der Waals surface area contributed by atoms with Crippen LogP contribution in [0, 0.1) is 13.8 Å². The molecule has 0 amide bonds. The summed E-state index contributed by atoms with van der Waals surface area (Å²) < 4.78 is 5.47. The van der Waals surface area contributed by atoms with Gasteiger partial charge < -0.3 is 4.42 Å². The topological polar surface area (TPSA) is 51.8 Å². The molecule has 0 aliphatic rings. The van der Waals surface area contributed by atoms with E-state index in [2.05, 4.69) is 15.2 Å². The normalized spacial score (nSPS) is 10.9. The zero-order valence-corrected chi connectivity index (χ0v) is 10.0. The van der Waals surface area contributed by atoms with Gasteiger partial charge in [0.1, 0.15) is 4.88 Å². The first-order chi connectivity index (χ1) is 7.20. The van der Waals surface area contributed by atoms with Gasteiger partial charge in [0.2, 0.25) is 5.89 Å². The molecule has 0 radical (unpaired) electrons. The van der Waals surface area contributed by atoms with Crippen molar-refractivity contribution in [3.63, 3.8) is 0 Å². The van der Waals surface area contributed by atoms with Crippen molar-refractivity contribution in [2.75, 3.05) is 5.88 Å². The van der Waals surface area contributed by atoms with Gasteiger partial charge in [0.25, 0.3) is 5.89 Å². The van der Waals surface area contributed by atoms with Crippen LogP contribution in [0.25, 0.3) is 10.8 Å². The van der Waals surface area contributed by atoms with Crippen molar-refractivity contribution in [2.45, 2.75) is 20.3 Å². The lowest BCUT2D eigenvalue weighted by Gasteiger charge is -1.88. The van der Waals surface area contributed by atoms with E-state index in [0.717, 1.165) is 15.6 Å². The molecule has 15 heavy (non-hydrogen) atoms. The van der Waals surface area contributed by atoms with E-state index in [1.165, 1.54) is 0 Å².